The van der Waals surface area contributed by atoms with Gasteiger partial charge >= 0.3 is 0 Å². The first-order chi connectivity index (χ1) is 7.31. The van der Waals surface area contributed by atoms with Gasteiger partial charge in [0, 0.05) is 5.56 Å². The monoisotopic (exact) mass is 201 g/mol. The number of hydrogen-bond donors (Lipinski definition) is 1. The molecule has 0 spiro atoms. The third-order valence-corrected chi connectivity index (χ3v) is 2.65. The molecule has 0 fully saturated rings. The topological polar surface area (TPSA) is 39.2 Å². The van der Waals surface area contributed by atoms with E-state index in [4.69, 9.17) is 10.2 Å². The number of hydrogen-bond acceptors (Lipinski definition) is 2. The van der Waals surface area contributed by atoms with Crippen LogP contribution in [0.25, 0.3) is 0 Å². The predicted molar refractivity (Wildman–Crippen MR) is 60.6 cm³/mol. The number of nitrogens with two attached hydrogens (primary N) is 1. The van der Waals surface area contributed by atoms with E-state index >= 15 is 0 Å². The molecule has 2 rings (SSSR count). The minimum atomic E-state index is -0.0883. The summed E-state index contributed by atoms with van der Waals surface area (Å²) >= 11 is 0. The van der Waals surface area contributed by atoms with Crippen LogP contribution in [0.2, 0.25) is 0 Å². The number of furan rings is 1. The minimum Gasteiger partial charge on any atom is -0.472 e. The standard InChI is InChI=1S/C13H15NO/c1-2-10-3-5-11(6-4-10)13(14)12-7-8-15-9-12/h3-9,13H,2,14H2,1H3. The Balaban J connectivity index is 2.22. The molecule has 2 N–H and O–H groups in total. The predicted octanol–water partition coefficient (Wildman–Crippen LogP) is 2.89. The van der Waals surface area contributed by atoms with Crippen LogP contribution in [0, 0.1) is 0 Å². The molecule has 1 aromatic carbocycles. The molecule has 1 aromatic heterocycles. The van der Waals surface area contributed by atoms with Crippen LogP contribution in [-0.2, 0) is 6.42 Å². The van der Waals surface area contributed by atoms with E-state index in [9.17, 15) is 0 Å². The van der Waals surface area contributed by atoms with E-state index in [-0.39, 0.29) is 6.04 Å². The zero-order chi connectivity index (χ0) is 10.7. The van der Waals surface area contributed by atoms with Crippen LogP contribution in [-0.4, -0.2) is 0 Å². The zero-order valence-electron chi connectivity index (χ0n) is 8.81. The first kappa shape index (κ1) is 9.99. The Hall–Kier alpha value is -1.54. The van der Waals surface area contributed by atoms with E-state index in [0.29, 0.717) is 0 Å². The quantitative estimate of drug-likeness (QED) is 0.829. The maximum absolute atomic E-state index is 6.09. The fourth-order valence-electron chi connectivity index (χ4n) is 1.61. The maximum Gasteiger partial charge on any atom is 0.0953 e. The Morgan fingerprint density at radius 2 is 1.87 bits per heavy atom. The van der Waals surface area contributed by atoms with E-state index in [0.717, 1.165) is 17.5 Å². The Morgan fingerprint density at radius 1 is 1.13 bits per heavy atom. The highest BCUT2D eigenvalue weighted by Gasteiger charge is 2.09. The lowest BCUT2D eigenvalue weighted by molar-refractivity contribution is 0.562. The van der Waals surface area contributed by atoms with E-state index in [1.54, 1.807) is 12.5 Å². The molecule has 0 radical (unpaired) electrons. The summed E-state index contributed by atoms with van der Waals surface area (Å²) in [6.45, 7) is 2.14. The summed E-state index contributed by atoms with van der Waals surface area (Å²) in [7, 11) is 0. The lowest BCUT2D eigenvalue weighted by Crippen LogP contribution is -2.10. The van der Waals surface area contributed by atoms with E-state index in [2.05, 4.69) is 31.2 Å². The van der Waals surface area contributed by atoms with Crippen molar-refractivity contribution >= 4 is 0 Å². The van der Waals surface area contributed by atoms with Crippen LogP contribution in [0.5, 0.6) is 0 Å². The van der Waals surface area contributed by atoms with Crippen molar-refractivity contribution in [2.24, 2.45) is 5.73 Å². The third kappa shape index (κ3) is 2.10. The van der Waals surface area contributed by atoms with Gasteiger partial charge in [-0.05, 0) is 23.6 Å². The molecule has 0 aliphatic carbocycles. The molecule has 2 heteroatoms. The van der Waals surface area contributed by atoms with E-state index < -0.39 is 0 Å². The fraction of sp³-hybridized carbons (Fsp3) is 0.231. The molecule has 0 saturated heterocycles. The fourth-order valence-corrected chi connectivity index (χ4v) is 1.61. The van der Waals surface area contributed by atoms with Gasteiger partial charge in [-0.2, -0.15) is 0 Å². The maximum atomic E-state index is 6.09. The van der Waals surface area contributed by atoms with Gasteiger partial charge in [-0.1, -0.05) is 31.2 Å². The molecule has 0 aliphatic heterocycles. The summed E-state index contributed by atoms with van der Waals surface area (Å²) < 4.78 is 5.02. The molecule has 0 amide bonds. The normalized spacial score (nSPS) is 12.7. The molecule has 1 atom stereocenters. The van der Waals surface area contributed by atoms with Crippen molar-refractivity contribution in [3.8, 4) is 0 Å². The largest absolute Gasteiger partial charge is 0.472 e. The second kappa shape index (κ2) is 4.32. The summed E-state index contributed by atoms with van der Waals surface area (Å²) in [5.74, 6) is 0. The number of benzene rings is 1. The second-order valence-electron chi connectivity index (χ2n) is 3.63. The van der Waals surface area contributed by atoms with Crippen LogP contribution in [0.15, 0.2) is 47.3 Å². The van der Waals surface area contributed by atoms with Crippen LogP contribution in [0.1, 0.15) is 29.7 Å². The third-order valence-electron chi connectivity index (χ3n) is 2.65. The van der Waals surface area contributed by atoms with Gasteiger partial charge in [0.05, 0.1) is 18.6 Å². The molecular formula is C13H15NO. The number of aryl methyl sites for hydroxylation is 1. The van der Waals surface area contributed by atoms with Gasteiger partial charge in [-0.15, -0.1) is 0 Å². The lowest BCUT2D eigenvalue weighted by atomic mass is 10.0. The van der Waals surface area contributed by atoms with Gasteiger partial charge < -0.3 is 10.2 Å². The minimum absolute atomic E-state index is 0.0883. The summed E-state index contributed by atoms with van der Waals surface area (Å²) in [6.07, 6.45) is 4.40. The van der Waals surface area contributed by atoms with Crippen molar-refractivity contribution in [3.63, 3.8) is 0 Å². The molecule has 0 saturated carbocycles. The first-order valence-electron chi connectivity index (χ1n) is 5.17. The van der Waals surface area contributed by atoms with Crippen molar-refractivity contribution in [3.05, 3.63) is 59.5 Å². The van der Waals surface area contributed by atoms with Crippen molar-refractivity contribution in [2.75, 3.05) is 0 Å². The average Bonchev–Trinajstić information content (AvgIpc) is 2.82. The van der Waals surface area contributed by atoms with Crippen molar-refractivity contribution in [2.45, 2.75) is 19.4 Å². The number of rotatable bonds is 3. The zero-order valence-corrected chi connectivity index (χ0v) is 8.81. The molecule has 0 bridgehead atoms. The SMILES string of the molecule is CCc1ccc(C(N)c2ccoc2)cc1. The van der Waals surface area contributed by atoms with Gasteiger partial charge in [0.1, 0.15) is 0 Å². The van der Waals surface area contributed by atoms with Gasteiger partial charge in [0.25, 0.3) is 0 Å². The second-order valence-corrected chi connectivity index (χ2v) is 3.63. The highest BCUT2D eigenvalue weighted by atomic mass is 16.3. The molecule has 2 nitrogen and oxygen atoms in total. The van der Waals surface area contributed by atoms with Crippen molar-refractivity contribution in [1.82, 2.24) is 0 Å². The summed E-state index contributed by atoms with van der Waals surface area (Å²) in [4.78, 5) is 0. The van der Waals surface area contributed by atoms with Crippen LogP contribution >= 0.6 is 0 Å². The van der Waals surface area contributed by atoms with Gasteiger partial charge in [0.2, 0.25) is 0 Å². The van der Waals surface area contributed by atoms with Crippen LogP contribution in [0.4, 0.5) is 0 Å². The smallest absolute Gasteiger partial charge is 0.0953 e. The Morgan fingerprint density at radius 3 is 2.40 bits per heavy atom. The molecule has 78 valence electrons. The highest BCUT2D eigenvalue weighted by molar-refractivity contribution is 5.31. The Kier molecular flexibility index (Phi) is 2.88. The molecule has 1 unspecified atom stereocenters. The highest BCUT2D eigenvalue weighted by Crippen LogP contribution is 2.20. The first-order valence-corrected chi connectivity index (χ1v) is 5.17. The lowest BCUT2D eigenvalue weighted by Gasteiger charge is -2.10. The van der Waals surface area contributed by atoms with E-state index in [1.807, 2.05) is 6.07 Å². The van der Waals surface area contributed by atoms with Gasteiger partial charge in [-0.3, -0.25) is 0 Å². The molecule has 2 aromatic rings. The Labute approximate surface area is 89.7 Å². The van der Waals surface area contributed by atoms with Crippen LogP contribution in [0.3, 0.4) is 0 Å². The average molecular weight is 201 g/mol. The summed E-state index contributed by atoms with van der Waals surface area (Å²) in [6, 6.07) is 10.2. The molecule has 1 heterocycles. The van der Waals surface area contributed by atoms with E-state index in [1.165, 1.54) is 5.56 Å². The summed E-state index contributed by atoms with van der Waals surface area (Å²) in [5.41, 5.74) is 9.56. The molecule has 0 aliphatic rings. The van der Waals surface area contributed by atoms with Gasteiger partial charge in [0.15, 0.2) is 0 Å². The Bertz CT molecular complexity index is 403. The van der Waals surface area contributed by atoms with Crippen molar-refractivity contribution < 1.29 is 4.42 Å². The summed E-state index contributed by atoms with van der Waals surface area (Å²) in [5, 5.41) is 0. The van der Waals surface area contributed by atoms with Crippen molar-refractivity contribution in [1.29, 1.82) is 0 Å². The molecule has 15 heavy (non-hydrogen) atoms. The van der Waals surface area contributed by atoms with Gasteiger partial charge in [-0.25, -0.2) is 0 Å². The van der Waals surface area contributed by atoms with Crippen LogP contribution < -0.4 is 5.73 Å². The molecular weight excluding hydrogens is 186 g/mol.